The van der Waals surface area contributed by atoms with Crippen LogP contribution in [0.2, 0.25) is 0 Å². The molecule has 1 rings (SSSR count). The molecule has 0 spiro atoms. The van der Waals surface area contributed by atoms with Crippen molar-refractivity contribution in [3.8, 4) is 0 Å². The van der Waals surface area contributed by atoms with Crippen LogP contribution >= 0.6 is 0 Å². The first-order valence-corrected chi connectivity index (χ1v) is 3.65. The lowest BCUT2D eigenvalue weighted by atomic mass is 9.96. The molecule has 1 nitrogen and oxygen atoms in total. The molecule has 9 heavy (non-hydrogen) atoms. The fourth-order valence-electron chi connectivity index (χ4n) is 1.27. The SMILES string of the molecule is C[C@@H](F)[C@@H]1CCCNC1. The van der Waals surface area contributed by atoms with Gasteiger partial charge in [0.1, 0.15) is 6.17 Å². The number of rotatable bonds is 1. The largest absolute Gasteiger partial charge is 0.316 e. The normalized spacial score (nSPS) is 32.0. The summed E-state index contributed by atoms with van der Waals surface area (Å²) in [7, 11) is 0. The highest BCUT2D eigenvalue weighted by Gasteiger charge is 2.18. The van der Waals surface area contributed by atoms with E-state index >= 15 is 0 Å². The molecule has 1 heterocycles. The quantitative estimate of drug-likeness (QED) is 0.566. The summed E-state index contributed by atoms with van der Waals surface area (Å²) in [5, 5.41) is 3.18. The van der Waals surface area contributed by atoms with Crippen LogP contribution in [0.4, 0.5) is 4.39 Å². The van der Waals surface area contributed by atoms with Crippen molar-refractivity contribution in [1.29, 1.82) is 0 Å². The third kappa shape index (κ3) is 1.94. The molecule has 0 aromatic carbocycles. The summed E-state index contributed by atoms with van der Waals surface area (Å²) < 4.78 is 12.5. The minimum absolute atomic E-state index is 0.277. The van der Waals surface area contributed by atoms with E-state index in [1.807, 2.05) is 0 Å². The Bertz CT molecular complexity index is 77.0. The zero-order valence-corrected chi connectivity index (χ0v) is 5.86. The molecular weight excluding hydrogens is 117 g/mol. The molecule has 0 bridgehead atoms. The Labute approximate surface area is 55.6 Å². The van der Waals surface area contributed by atoms with E-state index in [1.165, 1.54) is 0 Å². The third-order valence-electron chi connectivity index (χ3n) is 1.98. The fraction of sp³-hybridized carbons (Fsp3) is 1.00. The fourth-order valence-corrected chi connectivity index (χ4v) is 1.27. The van der Waals surface area contributed by atoms with Crippen molar-refractivity contribution >= 4 is 0 Å². The van der Waals surface area contributed by atoms with Crippen molar-refractivity contribution in [3.05, 3.63) is 0 Å². The predicted molar refractivity (Wildman–Crippen MR) is 36.2 cm³/mol. The molecule has 0 unspecified atom stereocenters. The maximum absolute atomic E-state index is 12.5. The smallest absolute Gasteiger partial charge is 0.101 e. The zero-order valence-electron chi connectivity index (χ0n) is 5.86. The zero-order chi connectivity index (χ0) is 6.69. The molecule has 1 aliphatic heterocycles. The maximum Gasteiger partial charge on any atom is 0.101 e. The van der Waals surface area contributed by atoms with Gasteiger partial charge in [-0.25, -0.2) is 4.39 Å². The van der Waals surface area contributed by atoms with E-state index in [4.69, 9.17) is 0 Å². The van der Waals surface area contributed by atoms with Crippen LogP contribution in [0.15, 0.2) is 0 Å². The van der Waals surface area contributed by atoms with Gasteiger partial charge in [0.25, 0.3) is 0 Å². The summed E-state index contributed by atoms with van der Waals surface area (Å²) in [5.41, 5.74) is 0. The summed E-state index contributed by atoms with van der Waals surface area (Å²) in [6.45, 7) is 3.60. The van der Waals surface area contributed by atoms with Gasteiger partial charge >= 0.3 is 0 Å². The average molecular weight is 131 g/mol. The second kappa shape index (κ2) is 3.16. The molecule has 0 aromatic rings. The van der Waals surface area contributed by atoms with Gasteiger partial charge in [-0.2, -0.15) is 0 Å². The average Bonchev–Trinajstić information content (AvgIpc) is 1.90. The molecule has 0 amide bonds. The molecule has 0 aliphatic carbocycles. The Balaban J connectivity index is 2.23. The molecule has 0 radical (unpaired) electrons. The Morgan fingerprint density at radius 3 is 2.78 bits per heavy atom. The van der Waals surface area contributed by atoms with Gasteiger partial charge in [0.15, 0.2) is 0 Å². The van der Waals surface area contributed by atoms with Gasteiger partial charge in [-0.15, -0.1) is 0 Å². The molecular formula is C7H14FN. The summed E-state index contributed by atoms with van der Waals surface area (Å²) >= 11 is 0. The summed E-state index contributed by atoms with van der Waals surface area (Å²) in [6.07, 6.45) is 1.57. The molecule has 1 saturated heterocycles. The number of alkyl halides is 1. The standard InChI is InChI=1S/C7H14FN/c1-6(8)7-3-2-4-9-5-7/h6-7,9H,2-5H2,1H3/t6-,7-/m1/s1. The van der Waals surface area contributed by atoms with Gasteiger partial charge in [-0.1, -0.05) is 0 Å². The van der Waals surface area contributed by atoms with Gasteiger partial charge in [-0.3, -0.25) is 0 Å². The molecule has 1 aliphatic rings. The van der Waals surface area contributed by atoms with Crippen LogP contribution in [0.5, 0.6) is 0 Å². The van der Waals surface area contributed by atoms with Crippen LogP contribution in [0.25, 0.3) is 0 Å². The van der Waals surface area contributed by atoms with E-state index in [-0.39, 0.29) is 5.92 Å². The van der Waals surface area contributed by atoms with Crippen LogP contribution in [-0.4, -0.2) is 19.3 Å². The highest BCUT2D eigenvalue weighted by atomic mass is 19.1. The van der Waals surface area contributed by atoms with Gasteiger partial charge in [0.05, 0.1) is 0 Å². The van der Waals surface area contributed by atoms with E-state index in [1.54, 1.807) is 6.92 Å². The third-order valence-corrected chi connectivity index (χ3v) is 1.98. The number of nitrogens with one attached hydrogen (secondary N) is 1. The van der Waals surface area contributed by atoms with Gasteiger partial charge in [-0.05, 0) is 26.3 Å². The monoisotopic (exact) mass is 131 g/mol. The van der Waals surface area contributed by atoms with Crippen molar-refractivity contribution in [2.45, 2.75) is 25.9 Å². The van der Waals surface area contributed by atoms with Crippen LogP contribution in [0.3, 0.4) is 0 Å². The molecule has 1 fully saturated rings. The van der Waals surface area contributed by atoms with Gasteiger partial charge < -0.3 is 5.32 Å². The predicted octanol–water partition coefficient (Wildman–Crippen LogP) is 1.34. The molecule has 2 atom stereocenters. The van der Waals surface area contributed by atoms with E-state index in [0.717, 1.165) is 25.9 Å². The van der Waals surface area contributed by atoms with Crippen molar-refractivity contribution in [2.24, 2.45) is 5.92 Å². The lowest BCUT2D eigenvalue weighted by Crippen LogP contribution is -2.33. The van der Waals surface area contributed by atoms with E-state index in [2.05, 4.69) is 5.32 Å². The molecule has 1 N–H and O–H groups in total. The summed E-state index contributed by atoms with van der Waals surface area (Å²) in [5.74, 6) is 0.277. The van der Waals surface area contributed by atoms with Crippen molar-refractivity contribution in [2.75, 3.05) is 13.1 Å². The van der Waals surface area contributed by atoms with E-state index in [9.17, 15) is 4.39 Å². The van der Waals surface area contributed by atoms with Gasteiger partial charge in [0, 0.05) is 12.5 Å². The van der Waals surface area contributed by atoms with Crippen molar-refractivity contribution < 1.29 is 4.39 Å². The first-order valence-electron chi connectivity index (χ1n) is 3.65. The minimum Gasteiger partial charge on any atom is -0.316 e. The van der Waals surface area contributed by atoms with Crippen molar-refractivity contribution in [1.82, 2.24) is 5.32 Å². The molecule has 0 saturated carbocycles. The van der Waals surface area contributed by atoms with Crippen LogP contribution < -0.4 is 5.32 Å². The number of hydrogen-bond donors (Lipinski definition) is 1. The van der Waals surface area contributed by atoms with Crippen molar-refractivity contribution in [3.63, 3.8) is 0 Å². The van der Waals surface area contributed by atoms with Gasteiger partial charge in [0.2, 0.25) is 0 Å². The highest BCUT2D eigenvalue weighted by Crippen LogP contribution is 2.15. The Hall–Kier alpha value is -0.110. The minimum atomic E-state index is -0.627. The Kier molecular flexibility index (Phi) is 2.46. The van der Waals surface area contributed by atoms with E-state index in [0.29, 0.717) is 0 Å². The Morgan fingerprint density at radius 1 is 1.67 bits per heavy atom. The van der Waals surface area contributed by atoms with E-state index < -0.39 is 6.17 Å². The van der Waals surface area contributed by atoms with Crippen LogP contribution in [0.1, 0.15) is 19.8 Å². The highest BCUT2D eigenvalue weighted by molar-refractivity contribution is 4.72. The number of halogens is 1. The second-order valence-corrected chi connectivity index (χ2v) is 2.78. The van der Waals surface area contributed by atoms with Crippen LogP contribution in [0, 0.1) is 5.92 Å². The maximum atomic E-state index is 12.5. The first kappa shape index (κ1) is 7.00. The second-order valence-electron chi connectivity index (χ2n) is 2.78. The summed E-state index contributed by atoms with van der Waals surface area (Å²) in [6, 6.07) is 0. The van der Waals surface area contributed by atoms with Crippen LogP contribution in [-0.2, 0) is 0 Å². The molecule has 2 heteroatoms. The number of piperidine rings is 1. The topological polar surface area (TPSA) is 12.0 Å². The molecule has 0 aromatic heterocycles. The lowest BCUT2D eigenvalue weighted by Gasteiger charge is -2.23. The lowest BCUT2D eigenvalue weighted by molar-refractivity contribution is 0.209. The number of hydrogen-bond acceptors (Lipinski definition) is 1. The first-order chi connectivity index (χ1) is 4.30. The Morgan fingerprint density at radius 2 is 2.44 bits per heavy atom. The summed E-state index contributed by atoms with van der Waals surface area (Å²) in [4.78, 5) is 0. The molecule has 54 valence electrons.